The molecular weight excluding hydrogens is 306 g/mol. The zero-order chi connectivity index (χ0) is 18.0. The van der Waals surface area contributed by atoms with Gasteiger partial charge in [0, 0.05) is 31.8 Å². The number of piperidine rings is 1. The van der Waals surface area contributed by atoms with Crippen molar-refractivity contribution in [3.05, 3.63) is 24.2 Å². The van der Waals surface area contributed by atoms with Crippen LogP contribution in [0.25, 0.3) is 0 Å². The third-order valence-electron chi connectivity index (χ3n) is 5.29. The van der Waals surface area contributed by atoms with Crippen LogP contribution in [0.15, 0.2) is 22.8 Å². The fourth-order valence-corrected chi connectivity index (χ4v) is 3.71. The van der Waals surface area contributed by atoms with Crippen LogP contribution in [0.2, 0.25) is 0 Å². The van der Waals surface area contributed by atoms with Crippen LogP contribution >= 0.6 is 0 Å². The van der Waals surface area contributed by atoms with E-state index in [0.717, 1.165) is 12.8 Å². The lowest BCUT2D eigenvalue weighted by molar-refractivity contribution is -0.982. The Bertz CT molecular complexity index is 560. The molecule has 134 valence electrons. The maximum absolute atomic E-state index is 12.2. The molecule has 1 aliphatic heterocycles. The van der Waals surface area contributed by atoms with E-state index in [1.165, 1.54) is 11.2 Å². The van der Waals surface area contributed by atoms with E-state index in [4.69, 9.17) is 4.42 Å². The van der Waals surface area contributed by atoms with Gasteiger partial charge >= 0.3 is 0 Å². The maximum atomic E-state index is 12.2. The van der Waals surface area contributed by atoms with Gasteiger partial charge in [-0.05, 0) is 39.8 Å². The summed E-state index contributed by atoms with van der Waals surface area (Å²) in [5, 5.41) is 5.83. The number of likely N-dealkylation sites (tertiary alicyclic amines) is 1. The molecule has 0 atom stereocenters. The Morgan fingerprint density at radius 1 is 1.25 bits per heavy atom. The van der Waals surface area contributed by atoms with Crippen molar-refractivity contribution in [2.45, 2.75) is 64.1 Å². The predicted octanol–water partition coefficient (Wildman–Crippen LogP) is 0.750. The van der Waals surface area contributed by atoms with E-state index in [1.807, 2.05) is 0 Å². The Labute approximate surface area is 144 Å². The van der Waals surface area contributed by atoms with Crippen LogP contribution in [0.1, 0.15) is 57.5 Å². The summed E-state index contributed by atoms with van der Waals surface area (Å²) in [6.45, 7) is 9.27. The van der Waals surface area contributed by atoms with Gasteiger partial charge in [-0.15, -0.1) is 0 Å². The molecule has 1 saturated heterocycles. The number of amides is 2. The van der Waals surface area contributed by atoms with Gasteiger partial charge in [0.2, 0.25) is 5.91 Å². The first-order chi connectivity index (χ1) is 11.1. The summed E-state index contributed by atoms with van der Waals surface area (Å²) in [6, 6.07) is 3.43. The number of quaternary nitrogens is 1. The fraction of sp³-hybridized carbons (Fsp3) is 0.667. The second-order valence-electron chi connectivity index (χ2n) is 8.05. The van der Waals surface area contributed by atoms with Crippen molar-refractivity contribution in [3.63, 3.8) is 0 Å². The minimum Gasteiger partial charge on any atom is -0.459 e. The number of carbonyl (C=O) groups is 2. The second-order valence-corrected chi connectivity index (χ2v) is 8.05. The van der Waals surface area contributed by atoms with Crippen molar-refractivity contribution in [2.24, 2.45) is 0 Å². The molecule has 0 spiro atoms. The van der Waals surface area contributed by atoms with Gasteiger partial charge < -0.3 is 20.0 Å². The SMILES string of the molecule is C[NH+]1C(C)(C)CC(NC(=O)CCNC(=O)c2ccco2)CC1(C)C. The largest absolute Gasteiger partial charge is 0.459 e. The molecule has 2 amide bonds. The highest BCUT2D eigenvalue weighted by atomic mass is 16.3. The molecule has 1 aromatic rings. The zero-order valence-electron chi connectivity index (χ0n) is 15.4. The molecule has 0 bridgehead atoms. The second kappa shape index (κ2) is 6.97. The number of hydrogen-bond donors (Lipinski definition) is 3. The van der Waals surface area contributed by atoms with Crippen molar-refractivity contribution in [1.29, 1.82) is 0 Å². The van der Waals surface area contributed by atoms with Gasteiger partial charge in [0.1, 0.15) is 0 Å². The van der Waals surface area contributed by atoms with Crippen LogP contribution < -0.4 is 15.5 Å². The molecule has 0 radical (unpaired) electrons. The summed E-state index contributed by atoms with van der Waals surface area (Å²) in [4.78, 5) is 25.4. The summed E-state index contributed by atoms with van der Waals surface area (Å²) in [6.07, 6.45) is 3.62. The number of nitrogens with one attached hydrogen (secondary N) is 3. The molecule has 2 heterocycles. The Balaban J connectivity index is 1.79. The van der Waals surface area contributed by atoms with E-state index >= 15 is 0 Å². The number of carbonyl (C=O) groups excluding carboxylic acids is 2. The van der Waals surface area contributed by atoms with Crippen LogP contribution in [0.5, 0.6) is 0 Å². The smallest absolute Gasteiger partial charge is 0.286 e. The number of furan rings is 1. The molecular formula is C18H30N3O3+. The molecule has 3 N–H and O–H groups in total. The van der Waals surface area contributed by atoms with Crippen molar-refractivity contribution in [3.8, 4) is 0 Å². The first kappa shape index (κ1) is 18.5. The normalized spacial score (nSPS) is 25.0. The van der Waals surface area contributed by atoms with E-state index < -0.39 is 0 Å². The highest BCUT2D eigenvalue weighted by Gasteiger charge is 2.47. The quantitative estimate of drug-likeness (QED) is 0.743. The molecule has 0 aliphatic carbocycles. The third-order valence-corrected chi connectivity index (χ3v) is 5.29. The van der Waals surface area contributed by atoms with Crippen molar-refractivity contribution >= 4 is 11.8 Å². The first-order valence-electron chi connectivity index (χ1n) is 8.57. The van der Waals surface area contributed by atoms with Gasteiger partial charge in [-0.2, -0.15) is 0 Å². The molecule has 2 rings (SSSR count). The number of hydrogen-bond acceptors (Lipinski definition) is 3. The third kappa shape index (κ3) is 4.38. The topological polar surface area (TPSA) is 75.8 Å². The van der Waals surface area contributed by atoms with Gasteiger partial charge in [-0.25, -0.2) is 0 Å². The first-order valence-corrected chi connectivity index (χ1v) is 8.57. The molecule has 24 heavy (non-hydrogen) atoms. The molecule has 1 fully saturated rings. The number of rotatable bonds is 5. The van der Waals surface area contributed by atoms with E-state index in [-0.39, 0.29) is 41.1 Å². The van der Waals surface area contributed by atoms with Crippen molar-refractivity contribution in [1.82, 2.24) is 10.6 Å². The van der Waals surface area contributed by atoms with Gasteiger partial charge in [0.15, 0.2) is 5.76 Å². The fourth-order valence-electron chi connectivity index (χ4n) is 3.71. The molecule has 6 nitrogen and oxygen atoms in total. The van der Waals surface area contributed by atoms with E-state index in [9.17, 15) is 9.59 Å². The van der Waals surface area contributed by atoms with Crippen molar-refractivity contribution < 1.29 is 18.9 Å². The lowest BCUT2D eigenvalue weighted by Crippen LogP contribution is -3.24. The van der Waals surface area contributed by atoms with Gasteiger partial charge in [0.05, 0.1) is 24.4 Å². The molecule has 6 heteroatoms. The Morgan fingerprint density at radius 2 is 1.88 bits per heavy atom. The van der Waals surface area contributed by atoms with E-state index in [1.54, 1.807) is 12.1 Å². The van der Waals surface area contributed by atoms with Crippen LogP contribution in [-0.4, -0.2) is 42.5 Å². The Morgan fingerprint density at radius 3 is 2.42 bits per heavy atom. The zero-order valence-corrected chi connectivity index (χ0v) is 15.4. The van der Waals surface area contributed by atoms with E-state index in [0.29, 0.717) is 6.54 Å². The monoisotopic (exact) mass is 336 g/mol. The van der Waals surface area contributed by atoms with Gasteiger partial charge in [0.25, 0.3) is 5.91 Å². The molecule has 1 aromatic heterocycles. The van der Waals surface area contributed by atoms with Gasteiger partial charge in [-0.1, -0.05) is 0 Å². The predicted molar refractivity (Wildman–Crippen MR) is 91.9 cm³/mol. The minimum absolute atomic E-state index is 0.0223. The minimum atomic E-state index is -0.294. The van der Waals surface area contributed by atoms with Crippen LogP contribution in [0.4, 0.5) is 0 Å². The average molecular weight is 336 g/mol. The molecule has 0 aromatic carbocycles. The van der Waals surface area contributed by atoms with Crippen LogP contribution in [0, 0.1) is 0 Å². The lowest BCUT2D eigenvalue weighted by Gasteiger charge is -2.50. The average Bonchev–Trinajstić information content (AvgIpc) is 2.98. The highest BCUT2D eigenvalue weighted by Crippen LogP contribution is 2.23. The van der Waals surface area contributed by atoms with E-state index in [2.05, 4.69) is 45.4 Å². The molecule has 0 saturated carbocycles. The Hall–Kier alpha value is -1.82. The standard InChI is InChI=1S/C18H29N3O3/c1-17(2)11-13(12-18(3,4)21(17)5)20-15(22)8-9-19-16(23)14-7-6-10-24-14/h6-7,10,13H,8-9,11-12H2,1-5H3,(H,19,23)(H,20,22)/p+1. The molecule has 0 unspecified atom stereocenters. The summed E-state index contributed by atoms with van der Waals surface area (Å²) in [5.74, 6) is -0.0546. The molecule has 1 aliphatic rings. The summed E-state index contributed by atoms with van der Waals surface area (Å²) in [5.41, 5.74) is 0.237. The van der Waals surface area contributed by atoms with Crippen LogP contribution in [0.3, 0.4) is 0 Å². The van der Waals surface area contributed by atoms with Crippen molar-refractivity contribution in [2.75, 3.05) is 13.6 Å². The Kier molecular flexibility index (Phi) is 5.38. The summed E-state index contributed by atoms with van der Waals surface area (Å²) in [7, 11) is 2.22. The highest BCUT2D eigenvalue weighted by molar-refractivity contribution is 5.91. The van der Waals surface area contributed by atoms with Crippen LogP contribution in [-0.2, 0) is 4.79 Å². The summed E-state index contributed by atoms with van der Waals surface area (Å²) < 4.78 is 5.02. The summed E-state index contributed by atoms with van der Waals surface area (Å²) >= 11 is 0. The maximum Gasteiger partial charge on any atom is 0.286 e. The van der Waals surface area contributed by atoms with Gasteiger partial charge in [-0.3, -0.25) is 9.59 Å². The lowest BCUT2D eigenvalue weighted by atomic mass is 9.77.